The molecule has 0 bridgehead atoms. The molecule has 7 aromatic carbocycles. The molecule has 0 unspecified atom stereocenters. The molecule has 0 heterocycles. The minimum absolute atomic E-state index is 0.897. The van der Waals surface area contributed by atoms with Gasteiger partial charge in [0.05, 0.1) is 0 Å². The molecular formula is C59H55N3Si2. The molecule has 0 saturated carbocycles. The fourth-order valence-electron chi connectivity index (χ4n) is 8.49. The van der Waals surface area contributed by atoms with E-state index < -0.39 is 16.8 Å². The van der Waals surface area contributed by atoms with E-state index in [2.05, 4.69) is 207 Å². The van der Waals surface area contributed by atoms with E-state index in [1.807, 2.05) is 72.8 Å². The highest BCUT2D eigenvalue weighted by molar-refractivity contribution is 7.16. The van der Waals surface area contributed by atoms with E-state index in [4.69, 9.17) is 0 Å². The number of anilines is 3. The molecule has 2 N–H and O–H groups in total. The molecule has 0 amide bonds. The van der Waals surface area contributed by atoms with E-state index >= 15 is 0 Å². The van der Waals surface area contributed by atoms with Crippen LogP contribution in [0, 0.1) is 108 Å². The molecule has 0 aliphatic rings. The third-order valence-corrected chi connectivity index (χ3v) is 18.1. The zero-order valence-corrected chi connectivity index (χ0v) is 40.5. The first-order valence-corrected chi connectivity index (χ1v) is 25.7. The van der Waals surface area contributed by atoms with Gasteiger partial charge in [0.25, 0.3) is 0 Å². The molecule has 0 radical (unpaired) electrons. The monoisotopic (exact) mass is 861 g/mol. The third kappa shape index (κ3) is 10.4. The molecule has 0 spiro atoms. The second kappa shape index (κ2) is 19.8. The van der Waals surface area contributed by atoms with Gasteiger partial charge in [0.2, 0.25) is 0 Å². The molecule has 0 fully saturated rings. The van der Waals surface area contributed by atoms with E-state index in [-0.39, 0.29) is 0 Å². The van der Waals surface area contributed by atoms with Gasteiger partial charge in [-0.05, 0) is 144 Å². The highest BCUT2D eigenvalue weighted by Gasteiger charge is 2.55. The van der Waals surface area contributed by atoms with E-state index in [1.54, 1.807) is 0 Å². The van der Waals surface area contributed by atoms with E-state index in [1.165, 1.54) is 16.7 Å². The molecular weight excluding hydrogens is 807 g/mol. The van der Waals surface area contributed by atoms with Gasteiger partial charge in [0, 0.05) is 39.3 Å². The van der Waals surface area contributed by atoms with Crippen LogP contribution in [-0.4, -0.2) is 16.8 Å². The number of benzene rings is 7. The van der Waals surface area contributed by atoms with Gasteiger partial charge in [-0.1, -0.05) is 172 Å². The van der Waals surface area contributed by atoms with Crippen LogP contribution in [0.3, 0.4) is 0 Å². The van der Waals surface area contributed by atoms with Crippen molar-refractivity contribution >= 4 is 33.9 Å². The van der Waals surface area contributed by atoms with E-state index in [9.17, 15) is 0 Å². The predicted molar refractivity (Wildman–Crippen MR) is 276 cm³/mol. The van der Waals surface area contributed by atoms with Crippen molar-refractivity contribution in [3.05, 3.63) is 230 Å². The predicted octanol–water partition coefficient (Wildman–Crippen LogP) is 12.7. The largest absolute Gasteiger partial charge is 0.424 e. The van der Waals surface area contributed by atoms with Gasteiger partial charge in [-0.25, -0.2) is 0 Å². The van der Waals surface area contributed by atoms with Gasteiger partial charge < -0.3 is 14.2 Å². The molecule has 3 nitrogen and oxygen atoms in total. The van der Waals surface area contributed by atoms with Crippen LogP contribution in [0.15, 0.2) is 158 Å². The zero-order chi connectivity index (χ0) is 45.3. The minimum atomic E-state index is -3.89. The Morgan fingerprint density at radius 2 is 0.562 bits per heavy atom. The highest BCUT2D eigenvalue weighted by atomic mass is 28.4. The maximum atomic E-state index is 4.27. The van der Waals surface area contributed by atoms with Crippen LogP contribution in [0.4, 0.5) is 17.1 Å². The summed E-state index contributed by atoms with van der Waals surface area (Å²) in [7, 11) is -7.78. The summed E-state index contributed by atoms with van der Waals surface area (Å²) < 4.78 is 2.53. The smallest absolute Gasteiger partial charge is 0.375 e. The fourth-order valence-corrected chi connectivity index (χ4v) is 16.7. The van der Waals surface area contributed by atoms with Gasteiger partial charge >= 0.3 is 16.8 Å². The SMILES string of the molecule is Cc1cc(C)c(N[Si](C#Cc2ccccc2)(C#Cc2ccccc2)N(c2c(C)cc(C)cc2C)[Si](C#Cc2ccccc2)(C#Cc2ccccc2)Nc2c(C)cc(C)cc2C)c(C)c1. The second-order valence-corrected chi connectivity index (χ2v) is 22.4. The van der Waals surface area contributed by atoms with Crippen LogP contribution in [0.1, 0.15) is 72.3 Å². The van der Waals surface area contributed by atoms with E-state index in [0.29, 0.717) is 0 Å². The first kappa shape index (κ1) is 44.7. The third-order valence-electron chi connectivity index (χ3n) is 11.1. The molecule has 0 aliphatic carbocycles. The van der Waals surface area contributed by atoms with Crippen molar-refractivity contribution in [2.45, 2.75) is 62.3 Å². The Balaban J connectivity index is 1.75. The molecule has 7 aromatic rings. The Hall–Kier alpha value is -7.39. The van der Waals surface area contributed by atoms with Crippen molar-refractivity contribution in [1.82, 2.24) is 0 Å². The number of hydrogen-bond acceptors (Lipinski definition) is 3. The Kier molecular flexibility index (Phi) is 13.8. The summed E-state index contributed by atoms with van der Waals surface area (Å²) in [6, 6.07) is 54.5. The lowest BCUT2D eigenvalue weighted by Crippen LogP contribution is -2.74. The van der Waals surface area contributed by atoms with Crippen molar-refractivity contribution in [2.24, 2.45) is 0 Å². The fraction of sp³-hybridized carbons (Fsp3) is 0.153. The summed E-state index contributed by atoms with van der Waals surface area (Å²) in [4.78, 5) is 8.53. The van der Waals surface area contributed by atoms with Crippen molar-refractivity contribution < 1.29 is 0 Å². The van der Waals surface area contributed by atoms with Gasteiger partial charge in [-0.2, -0.15) is 0 Å². The average Bonchev–Trinajstić information content (AvgIpc) is 3.28. The van der Waals surface area contributed by atoms with Gasteiger partial charge in [0.1, 0.15) is 0 Å². The minimum Gasteiger partial charge on any atom is -0.375 e. The highest BCUT2D eigenvalue weighted by Crippen LogP contribution is 2.38. The summed E-state index contributed by atoms with van der Waals surface area (Å²) in [6.07, 6.45) is 0. The summed E-state index contributed by atoms with van der Waals surface area (Å²) in [5.74, 6) is 14.8. The lowest BCUT2D eigenvalue weighted by molar-refractivity contribution is 1.26. The Morgan fingerprint density at radius 3 is 0.812 bits per heavy atom. The first-order chi connectivity index (χ1) is 30.8. The van der Waals surface area contributed by atoms with Crippen molar-refractivity contribution in [3.63, 3.8) is 0 Å². The molecule has 0 atom stereocenters. The zero-order valence-electron chi connectivity index (χ0n) is 38.5. The number of nitrogens with zero attached hydrogens (tertiary/aromatic N) is 1. The Bertz CT molecular complexity index is 2690. The van der Waals surface area contributed by atoms with Gasteiger partial charge in [0.15, 0.2) is 0 Å². The van der Waals surface area contributed by atoms with Crippen LogP contribution in [0.5, 0.6) is 0 Å². The Labute approximate surface area is 384 Å². The molecule has 5 heteroatoms. The first-order valence-electron chi connectivity index (χ1n) is 21.8. The van der Waals surface area contributed by atoms with Gasteiger partial charge in [-0.15, -0.1) is 0 Å². The van der Waals surface area contributed by atoms with Crippen LogP contribution in [0.2, 0.25) is 0 Å². The van der Waals surface area contributed by atoms with Crippen molar-refractivity contribution in [2.75, 3.05) is 14.2 Å². The van der Waals surface area contributed by atoms with Crippen molar-refractivity contribution in [3.8, 4) is 45.9 Å². The summed E-state index contributed by atoms with van der Waals surface area (Å²) in [6.45, 7) is 19.6. The number of hydrogen-bond donors (Lipinski definition) is 2. The Morgan fingerprint density at radius 1 is 0.328 bits per heavy atom. The van der Waals surface area contributed by atoms with E-state index in [0.717, 1.165) is 72.7 Å². The quantitative estimate of drug-likeness (QED) is 0.123. The molecule has 64 heavy (non-hydrogen) atoms. The molecule has 314 valence electrons. The van der Waals surface area contributed by atoms with Crippen LogP contribution in [0.25, 0.3) is 0 Å². The van der Waals surface area contributed by atoms with Crippen LogP contribution >= 0.6 is 0 Å². The molecule has 7 rings (SSSR count). The van der Waals surface area contributed by atoms with Crippen LogP contribution in [-0.2, 0) is 0 Å². The standard InChI is InChI=1S/C59H55N3Si2/c1-44-38-47(4)57(48(5)39-44)60-63(34-30-53-22-14-10-15-23-53,35-31-54-24-16-11-17-25-54)62(59-51(8)42-46(3)43-52(59)9)64(36-32-55-26-18-12-19-27-55,37-33-56-28-20-13-21-29-56)61-58-49(6)40-45(2)41-50(58)7/h10-29,38-43,60-61H,1-9H3. The average molecular weight is 862 g/mol. The van der Waals surface area contributed by atoms with Crippen LogP contribution < -0.4 is 14.2 Å². The second-order valence-electron chi connectivity index (χ2n) is 16.8. The molecule has 0 aromatic heterocycles. The normalized spacial score (nSPS) is 10.7. The molecule has 0 aliphatic heterocycles. The maximum Gasteiger partial charge on any atom is 0.424 e. The number of nitrogens with one attached hydrogen (secondary N) is 2. The maximum absolute atomic E-state index is 4.27. The summed E-state index contributed by atoms with van der Waals surface area (Å²) >= 11 is 0. The lowest BCUT2D eigenvalue weighted by atomic mass is 10.1. The lowest BCUT2D eigenvalue weighted by Gasteiger charge is -2.46. The summed E-state index contributed by atoms with van der Waals surface area (Å²) in [5.41, 5.74) is 32.9. The molecule has 0 saturated heterocycles. The number of rotatable bonds is 7. The number of aryl methyl sites for hydroxylation is 9. The topological polar surface area (TPSA) is 27.3 Å². The summed E-state index contributed by atoms with van der Waals surface area (Å²) in [5, 5.41) is 0. The van der Waals surface area contributed by atoms with Crippen molar-refractivity contribution in [1.29, 1.82) is 0 Å². The van der Waals surface area contributed by atoms with Gasteiger partial charge in [-0.3, -0.25) is 0 Å².